The van der Waals surface area contributed by atoms with Gasteiger partial charge in [0.2, 0.25) is 5.91 Å². The summed E-state index contributed by atoms with van der Waals surface area (Å²) in [5.74, 6) is 0.917. The Morgan fingerprint density at radius 1 is 1.09 bits per heavy atom. The van der Waals surface area contributed by atoms with Crippen molar-refractivity contribution >= 4 is 11.9 Å². The van der Waals surface area contributed by atoms with E-state index in [0.29, 0.717) is 39.3 Å². The van der Waals surface area contributed by atoms with Crippen LogP contribution in [0.3, 0.4) is 0 Å². The van der Waals surface area contributed by atoms with E-state index >= 15 is 0 Å². The van der Waals surface area contributed by atoms with E-state index in [4.69, 9.17) is 4.74 Å². The van der Waals surface area contributed by atoms with Crippen LogP contribution < -0.4 is 10.1 Å². The smallest absolute Gasteiger partial charge is 0.317 e. The zero-order chi connectivity index (χ0) is 16.7. The highest BCUT2D eigenvalue weighted by atomic mass is 16.5. The van der Waals surface area contributed by atoms with Crippen molar-refractivity contribution in [2.45, 2.75) is 20.3 Å². The largest absolute Gasteiger partial charge is 0.494 e. The number of hydrogen-bond donors (Lipinski definition) is 1. The molecular formula is C17H25N3O3. The second-order valence-corrected chi connectivity index (χ2v) is 5.74. The summed E-state index contributed by atoms with van der Waals surface area (Å²) in [5, 5.41) is 2.90. The SMILES string of the molecule is CC(=O)N1CCN(C(=O)NCCCOc2ccc(C)cc2)CC1. The van der Waals surface area contributed by atoms with Gasteiger partial charge in [-0.05, 0) is 25.5 Å². The quantitative estimate of drug-likeness (QED) is 0.839. The van der Waals surface area contributed by atoms with Crippen LogP contribution in [0.5, 0.6) is 5.75 Å². The van der Waals surface area contributed by atoms with E-state index in [0.717, 1.165) is 12.2 Å². The van der Waals surface area contributed by atoms with Crippen LogP contribution in [0.2, 0.25) is 0 Å². The number of aryl methyl sites for hydroxylation is 1. The Hall–Kier alpha value is -2.24. The lowest BCUT2D eigenvalue weighted by Gasteiger charge is -2.34. The number of nitrogens with zero attached hydrogens (tertiary/aromatic N) is 2. The van der Waals surface area contributed by atoms with Gasteiger partial charge in [0, 0.05) is 39.6 Å². The molecule has 1 heterocycles. The van der Waals surface area contributed by atoms with Gasteiger partial charge in [-0.25, -0.2) is 4.79 Å². The summed E-state index contributed by atoms with van der Waals surface area (Å²) in [7, 11) is 0. The third-order valence-corrected chi connectivity index (χ3v) is 3.90. The van der Waals surface area contributed by atoms with Crippen molar-refractivity contribution in [3.8, 4) is 5.75 Å². The molecule has 1 fully saturated rings. The summed E-state index contributed by atoms with van der Waals surface area (Å²) < 4.78 is 5.62. The summed E-state index contributed by atoms with van der Waals surface area (Å²) in [6.07, 6.45) is 0.757. The maximum Gasteiger partial charge on any atom is 0.317 e. The van der Waals surface area contributed by atoms with Crippen molar-refractivity contribution in [1.82, 2.24) is 15.1 Å². The number of benzene rings is 1. The molecule has 3 amide bonds. The van der Waals surface area contributed by atoms with Gasteiger partial charge in [0.05, 0.1) is 6.61 Å². The average molecular weight is 319 g/mol. The van der Waals surface area contributed by atoms with Crippen LogP contribution in [0, 0.1) is 6.92 Å². The lowest BCUT2D eigenvalue weighted by Crippen LogP contribution is -2.52. The minimum Gasteiger partial charge on any atom is -0.494 e. The average Bonchev–Trinajstić information content (AvgIpc) is 2.56. The fourth-order valence-electron chi connectivity index (χ4n) is 2.43. The molecule has 1 aromatic rings. The van der Waals surface area contributed by atoms with Crippen molar-refractivity contribution in [3.63, 3.8) is 0 Å². The lowest BCUT2D eigenvalue weighted by molar-refractivity contribution is -0.130. The van der Waals surface area contributed by atoms with Gasteiger partial charge in [0.25, 0.3) is 0 Å². The molecule has 0 aromatic heterocycles. The molecule has 126 valence electrons. The highest BCUT2D eigenvalue weighted by molar-refractivity contribution is 5.76. The second-order valence-electron chi connectivity index (χ2n) is 5.74. The van der Waals surface area contributed by atoms with Crippen LogP contribution in [0.25, 0.3) is 0 Å². The van der Waals surface area contributed by atoms with Crippen LogP contribution in [-0.2, 0) is 4.79 Å². The van der Waals surface area contributed by atoms with Crippen LogP contribution in [-0.4, -0.2) is 61.1 Å². The number of carbonyl (C=O) groups excluding carboxylic acids is 2. The Bertz CT molecular complexity index is 522. The third-order valence-electron chi connectivity index (χ3n) is 3.90. The number of nitrogens with one attached hydrogen (secondary N) is 1. The van der Waals surface area contributed by atoms with Crippen molar-refractivity contribution in [3.05, 3.63) is 29.8 Å². The monoisotopic (exact) mass is 319 g/mol. The van der Waals surface area contributed by atoms with E-state index in [1.54, 1.807) is 16.7 Å². The van der Waals surface area contributed by atoms with E-state index < -0.39 is 0 Å². The number of urea groups is 1. The highest BCUT2D eigenvalue weighted by Crippen LogP contribution is 2.11. The van der Waals surface area contributed by atoms with Crippen LogP contribution in [0.4, 0.5) is 4.79 Å². The predicted molar refractivity (Wildman–Crippen MR) is 88.5 cm³/mol. The Labute approximate surface area is 137 Å². The van der Waals surface area contributed by atoms with Gasteiger partial charge in [-0.3, -0.25) is 4.79 Å². The van der Waals surface area contributed by atoms with Gasteiger partial charge >= 0.3 is 6.03 Å². The maximum absolute atomic E-state index is 12.0. The van der Waals surface area contributed by atoms with Crippen molar-refractivity contribution in [2.75, 3.05) is 39.3 Å². The first-order chi connectivity index (χ1) is 11.1. The van der Waals surface area contributed by atoms with E-state index in [9.17, 15) is 9.59 Å². The molecule has 0 atom stereocenters. The Morgan fingerprint density at radius 3 is 2.30 bits per heavy atom. The first-order valence-corrected chi connectivity index (χ1v) is 8.04. The Balaban J connectivity index is 1.58. The fourth-order valence-corrected chi connectivity index (χ4v) is 2.43. The Morgan fingerprint density at radius 2 is 1.70 bits per heavy atom. The number of hydrogen-bond acceptors (Lipinski definition) is 3. The Kier molecular flexibility index (Phi) is 6.26. The molecule has 1 aromatic carbocycles. The number of amides is 3. The molecule has 0 radical (unpaired) electrons. The molecule has 0 spiro atoms. The van der Waals surface area contributed by atoms with Gasteiger partial charge in [0.15, 0.2) is 0 Å². The van der Waals surface area contributed by atoms with Gasteiger partial charge in [-0.2, -0.15) is 0 Å². The maximum atomic E-state index is 12.0. The molecule has 6 nitrogen and oxygen atoms in total. The summed E-state index contributed by atoms with van der Waals surface area (Å²) in [6.45, 7) is 7.15. The summed E-state index contributed by atoms with van der Waals surface area (Å²) in [6, 6.07) is 7.85. The predicted octanol–water partition coefficient (Wildman–Crippen LogP) is 1.64. The van der Waals surface area contributed by atoms with Crippen LogP contribution in [0.1, 0.15) is 18.9 Å². The molecule has 23 heavy (non-hydrogen) atoms. The molecule has 1 N–H and O–H groups in total. The highest BCUT2D eigenvalue weighted by Gasteiger charge is 2.21. The summed E-state index contributed by atoms with van der Waals surface area (Å²) in [5.41, 5.74) is 1.20. The molecule has 6 heteroatoms. The number of piperazine rings is 1. The molecular weight excluding hydrogens is 294 g/mol. The van der Waals surface area contributed by atoms with Gasteiger partial charge in [-0.15, -0.1) is 0 Å². The number of carbonyl (C=O) groups is 2. The molecule has 0 aliphatic carbocycles. The van der Waals surface area contributed by atoms with E-state index in [-0.39, 0.29) is 11.9 Å². The second kappa shape index (κ2) is 8.41. The molecule has 2 rings (SSSR count). The van der Waals surface area contributed by atoms with Gasteiger partial charge < -0.3 is 19.9 Å². The summed E-state index contributed by atoms with van der Waals surface area (Å²) >= 11 is 0. The number of ether oxygens (including phenoxy) is 1. The van der Waals surface area contributed by atoms with Gasteiger partial charge in [0.1, 0.15) is 5.75 Å². The van der Waals surface area contributed by atoms with E-state index in [1.807, 2.05) is 31.2 Å². The van der Waals surface area contributed by atoms with Crippen molar-refractivity contribution in [2.24, 2.45) is 0 Å². The first-order valence-electron chi connectivity index (χ1n) is 8.04. The van der Waals surface area contributed by atoms with Gasteiger partial charge in [-0.1, -0.05) is 17.7 Å². The zero-order valence-corrected chi connectivity index (χ0v) is 13.9. The standard InChI is InChI=1S/C17H25N3O3/c1-14-4-6-16(7-5-14)23-13-3-8-18-17(22)20-11-9-19(10-12-20)15(2)21/h4-7H,3,8-13H2,1-2H3,(H,18,22). The van der Waals surface area contributed by atoms with Crippen molar-refractivity contribution < 1.29 is 14.3 Å². The summed E-state index contributed by atoms with van der Waals surface area (Å²) in [4.78, 5) is 26.8. The van der Waals surface area contributed by atoms with E-state index in [1.165, 1.54) is 5.56 Å². The topological polar surface area (TPSA) is 61.9 Å². The molecule has 0 unspecified atom stereocenters. The molecule has 1 aliphatic heterocycles. The minimum absolute atomic E-state index is 0.0662. The van der Waals surface area contributed by atoms with E-state index in [2.05, 4.69) is 5.32 Å². The normalized spacial score (nSPS) is 14.5. The third kappa shape index (κ3) is 5.47. The molecule has 1 saturated heterocycles. The fraction of sp³-hybridized carbons (Fsp3) is 0.529. The number of rotatable bonds is 5. The molecule has 0 saturated carbocycles. The van der Waals surface area contributed by atoms with Crippen molar-refractivity contribution in [1.29, 1.82) is 0 Å². The molecule has 0 bridgehead atoms. The lowest BCUT2D eigenvalue weighted by atomic mass is 10.2. The van der Waals surface area contributed by atoms with Crippen LogP contribution >= 0.6 is 0 Å². The minimum atomic E-state index is -0.0662. The zero-order valence-electron chi connectivity index (χ0n) is 13.9. The first kappa shape index (κ1) is 17.1. The van der Waals surface area contributed by atoms with Crippen LogP contribution in [0.15, 0.2) is 24.3 Å². The molecule has 1 aliphatic rings.